The number of carbonyl (C=O) groups excluding carboxylic acids is 2. The molecule has 1 heterocycles. The van der Waals surface area contributed by atoms with Gasteiger partial charge < -0.3 is 5.32 Å². The Morgan fingerprint density at radius 3 is 2.43 bits per heavy atom. The van der Waals surface area contributed by atoms with E-state index in [2.05, 4.69) is 5.32 Å². The average molecular weight is 310 g/mol. The lowest BCUT2D eigenvalue weighted by molar-refractivity contribution is -0.121. The van der Waals surface area contributed by atoms with Crippen LogP contribution in [0.25, 0.3) is 0 Å². The molecule has 0 radical (unpaired) electrons. The zero-order valence-corrected chi connectivity index (χ0v) is 13.0. The lowest BCUT2D eigenvalue weighted by Crippen LogP contribution is -2.44. The number of nitrogens with one attached hydrogen (secondary N) is 1. The minimum atomic E-state index is -3.92. The van der Waals surface area contributed by atoms with Crippen LogP contribution in [0.4, 0.5) is 0 Å². The molecule has 1 aromatic carbocycles. The van der Waals surface area contributed by atoms with E-state index in [1.807, 2.05) is 20.8 Å². The van der Waals surface area contributed by atoms with Crippen molar-refractivity contribution < 1.29 is 18.0 Å². The van der Waals surface area contributed by atoms with Gasteiger partial charge in [0.1, 0.15) is 11.4 Å². The zero-order chi connectivity index (χ0) is 15.8. The number of rotatable bonds is 4. The topological polar surface area (TPSA) is 83.6 Å². The normalized spacial score (nSPS) is 17.7. The molecule has 0 bridgehead atoms. The molecule has 7 heteroatoms. The number of hydrogen-bond donors (Lipinski definition) is 1. The number of benzene rings is 1. The maximum Gasteiger partial charge on any atom is 0.269 e. The summed E-state index contributed by atoms with van der Waals surface area (Å²) in [5.41, 5.74) is 0.113. The average Bonchev–Trinajstić information content (AvgIpc) is 2.60. The molecule has 0 saturated carbocycles. The lowest BCUT2D eigenvalue weighted by atomic mass is 10.1. The molecule has 6 nitrogen and oxygen atoms in total. The highest BCUT2D eigenvalue weighted by Crippen LogP contribution is 2.29. The summed E-state index contributed by atoms with van der Waals surface area (Å²) in [5, 5.41) is 2.69. The largest absolute Gasteiger partial charge is 0.352 e. The van der Waals surface area contributed by atoms with E-state index in [-0.39, 0.29) is 22.4 Å². The zero-order valence-electron chi connectivity index (χ0n) is 12.2. The SMILES string of the molecule is CC(C)[C@H](C)NC(=O)CN1C(=O)c2ccccc2S1(=O)=O. The third-order valence-electron chi connectivity index (χ3n) is 3.59. The second-order valence-corrected chi connectivity index (χ2v) is 7.24. The Balaban J connectivity index is 2.20. The van der Waals surface area contributed by atoms with E-state index >= 15 is 0 Å². The summed E-state index contributed by atoms with van der Waals surface area (Å²) in [5.74, 6) is -0.920. The van der Waals surface area contributed by atoms with E-state index in [1.54, 1.807) is 12.1 Å². The molecule has 1 aliphatic heterocycles. The summed E-state index contributed by atoms with van der Waals surface area (Å²) in [7, 11) is -3.92. The fourth-order valence-corrected chi connectivity index (χ4v) is 3.51. The van der Waals surface area contributed by atoms with Gasteiger partial charge in [0.2, 0.25) is 5.91 Å². The molecular formula is C14H18N2O4S. The first-order valence-electron chi connectivity index (χ1n) is 6.70. The molecule has 0 aliphatic carbocycles. The third kappa shape index (κ3) is 2.78. The van der Waals surface area contributed by atoms with Gasteiger partial charge in [-0.3, -0.25) is 9.59 Å². The fourth-order valence-electron chi connectivity index (χ4n) is 1.98. The Hall–Kier alpha value is -1.89. The summed E-state index contributed by atoms with van der Waals surface area (Å²) in [6.07, 6.45) is 0. The number of nitrogens with zero attached hydrogens (tertiary/aromatic N) is 1. The number of sulfonamides is 1. The Morgan fingerprint density at radius 2 is 1.86 bits per heavy atom. The van der Waals surface area contributed by atoms with Gasteiger partial charge in [0.25, 0.3) is 15.9 Å². The molecular weight excluding hydrogens is 292 g/mol. The molecule has 114 valence electrons. The second kappa shape index (κ2) is 5.48. The van der Waals surface area contributed by atoms with Gasteiger partial charge in [-0.25, -0.2) is 12.7 Å². The number of amides is 2. The highest BCUT2D eigenvalue weighted by Gasteiger charge is 2.41. The maximum absolute atomic E-state index is 12.3. The Bertz CT molecular complexity index is 682. The van der Waals surface area contributed by atoms with Crippen LogP contribution in [0.5, 0.6) is 0 Å². The highest BCUT2D eigenvalue weighted by molar-refractivity contribution is 7.90. The van der Waals surface area contributed by atoms with Gasteiger partial charge in [-0.1, -0.05) is 26.0 Å². The van der Waals surface area contributed by atoms with E-state index in [0.29, 0.717) is 4.31 Å². The van der Waals surface area contributed by atoms with Gasteiger partial charge in [0.05, 0.1) is 5.56 Å². The highest BCUT2D eigenvalue weighted by atomic mass is 32.2. The van der Waals surface area contributed by atoms with Gasteiger partial charge in [0, 0.05) is 6.04 Å². The Labute approximate surface area is 124 Å². The van der Waals surface area contributed by atoms with Crippen molar-refractivity contribution >= 4 is 21.8 Å². The van der Waals surface area contributed by atoms with Gasteiger partial charge >= 0.3 is 0 Å². The molecule has 1 atom stereocenters. The monoisotopic (exact) mass is 310 g/mol. The van der Waals surface area contributed by atoms with Crippen molar-refractivity contribution in [3.8, 4) is 0 Å². The van der Waals surface area contributed by atoms with Crippen LogP contribution < -0.4 is 5.32 Å². The molecule has 2 amide bonds. The molecule has 0 spiro atoms. The van der Waals surface area contributed by atoms with Crippen molar-refractivity contribution in [3.63, 3.8) is 0 Å². The van der Waals surface area contributed by atoms with Crippen molar-refractivity contribution in [1.29, 1.82) is 0 Å². The molecule has 0 aromatic heterocycles. The molecule has 0 unspecified atom stereocenters. The van der Waals surface area contributed by atoms with Crippen molar-refractivity contribution in [2.24, 2.45) is 5.92 Å². The first kappa shape index (κ1) is 15.5. The van der Waals surface area contributed by atoms with Crippen LogP contribution in [-0.4, -0.2) is 37.1 Å². The van der Waals surface area contributed by atoms with Gasteiger partial charge in [-0.2, -0.15) is 0 Å². The van der Waals surface area contributed by atoms with E-state index in [1.165, 1.54) is 12.1 Å². The molecule has 1 N–H and O–H groups in total. The minimum absolute atomic E-state index is 0.0419. The summed E-state index contributed by atoms with van der Waals surface area (Å²) >= 11 is 0. The van der Waals surface area contributed by atoms with Crippen molar-refractivity contribution in [3.05, 3.63) is 29.8 Å². The molecule has 0 fully saturated rings. The minimum Gasteiger partial charge on any atom is -0.352 e. The molecule has 0 saturated heterocycles. The van der Waals surface area contributed by atoms with E-state index in [0.717, 1.165) is 0 Å². The fraction of sp³-hybridized carbons (Fsp3) is 0.429. The summed E-state index contributed by atoms with van der Waals surface area (Å²) in [4.78, 5) is 24.0. The van der Waals surface area contributed by atoms with Gasteiger partial charge in [-0.15, -0.1) is 0 Å². The molecule has 1 aromatic rings. The summed E-state index contributed by atoms with van der Waals surface area (Å²) in [6, 6.07) is 5.87. The Morgan fingerprint density at radius 1 is 1.24 bits per heavy atom. The second-order valence-electron chi connectivity index (χ2n) is 5.41. The maximum atomic E-state index is 12.3. The van der Waals surface area contributed by atoms with E-state index in [4.69, 9.17) is 0 Å². The van der Waals surface area contributed by atoms with E-state index in [9.17, 15) is 18.0 Å². The van der Waals surface area contributed by atoms with Crippen LogP contribution in [0.1, 0.15) is 31.1 Å². The van der Waals surface area contributed by atoms with Crippen LogP contribution in [0.3, 0.4) is 0 Å². The van der Waals surface area contributed by atoms with Gasteiger partial charge in [-0.05, 0) is 25.0 Å². The number of fused-ring (bicyclic) bond motifs is 1. The number of carbonyl (C=O) groups is 2. The number of hydrogen-bond acceptors (Lipinski definition) is 4. The summed E-state index contributed by atoms with van der Waals surface area (Å²) < 4.78 is 25.2. The van der Waals surface area contributed by atoms with Crippen molar-refractivity contribution in [1.82, 2.24) is 9.62 Å². The molecule has 2 rings (SSSR count). The van der Waals surface area contributed by atoms with E-state index < -0.39 is 28.4 Å². The predicted octanol–water partition coefficient (Wildman–Crippen LogP) is 0.992. The van der Waals surface area contributed by atoms with Crippen LogP contribution in [-0.2, 0) is 14.8 Å². The predicted molar refractivity (Wildman–Crippen MR) is 77.1 cm³/mol. The third-order valence-corrected chi connectivity index (χ3v) is 5.37. The van der Waals surface area contributed by atoms with Crippen molar-refractivity contribution in [2.45, 2.75) is 31.7 Å². The summed E-state index contributed by atoms with van der Waals surface area (Å²) in [6.45, 7) is 5.22. The lowest BCUT2D eigenvalue weighted by Gasteiger charge is -2.20. The smallest absolute Gasteiger partial charge is 0.269 e. The van der Waals surface area contributed by atoms with Crippen LogP contribution in [0.2, 0.25) is 0 Å². The van der Waals surface area contributed by atoms with Gasteiger partial charge in [0.15, 0.2) is 0 Å². The first-order valence-corrected chi connectivity index (χ1v) is 8.14. The standard InChI is InChI=1S/C14H18N2O4S/c1-9(2)10(3)15-13(17)8-16-14(18)11-6-4-5-7-12(11)21(16,19)20/h4-7,9-10H,8H2,1-3H3,(H,15,17)/t10-/m0/s1. The first-order chi connectivity index (χ1) is 9.75. The quantitative estimate of drug-likeness (QED) is 0.899. The molecule has 21 heavy (non-hydrogen) atoms. The van der Waals surface area contributed by atoms with Crippen LogP contribution in [0.15, 0.2) is 29.2 Å². The van der Waals surface area contributed by atoms with Crippen LogP contribution in [0, 0.1) is 5.92 Å². The Kier molecular flexibility index (Phi) is 4.04. The van der Waals surface area contributed by atoms with Crippen LogP contribution >= 0.6 is 0 Å². The van der Waals surface area contributed by atoms with Crippen molar-refractivity contribution in [2.75, 3.05) is 6.54 Å². The molecule has 1 aliphatic rings.